The van der Waals surface area contributed by atoms with Crippen molar-refractivity contribution >= 4 is 34.3 Å². The summed E-state index contributed by atoms with van der Waals surface area (Å²) in [6.07, 6.45) is 1.49. The lowest BCUT2D eigenvalue weighted by Crippen LogP contribution is -2.26. The SMILES string of the molecule is COc1c(-c2cc3cc(NC(=O)O)ncc3cc2F)cnc2c1NC(=O)CO2. The zero-order valence-corrected chi connectivity index (χ0v) is 14.4. The highest BCUT2D eigenvalue weighted by atomic mass is 19.1. The lowest BCUT2D eigenvalue weighted by atomic mass is 10.0. The Hall–Kier alpha value is -3.95. The molecule has 0 spiro atoms. The Morgan fingerprint density at radius 1 is 1.25 bits per heavy atom. The number of nitrogens with zero attached hydrogens (tertiary/aromatic N) is 2. The first kappa shape index (κ1) is 17.5. The Labute approximate surface area is 157 Å². The van der Waals surface area contributed by atoms with Crippen LogP contribution in [0.3, 0.4) is 0 Å². The third-order valence-corrected chi connectivity index (χ3v) is 4.14. The molecule has 0 saturated heterocycles. The molecule has 0 bridgehead atoms. The summed E-state index contributed by atoms with van der Waals surface area (Å²) in [4.78, 5) is 30.5. The van der Waals surface area contributed by atoms with Crippen LogP contribution in [0.15, 0.2) is 30.6 Å². The van der Waals surface area contributed by atoms with E-state index in [-0.39, 0.29) is 41.2 Å². The maximum Gasteiger partial charge on any atom is 0.410 e. The van der Waals surface area contributed by atoms with Crippen LogP contribution in [0.25, 0.3) is 21.9 Å². The molecule has 1 aliphatic rings. The van der Waals surface area contributed by atoms with E-state index in [1.165, 1.54) is 37.7 Å². The predicted octanol–water partition coefficient (Wildman–Crippen LogP) is 2.87. The Kier molecular flexibility index (Phi) is 4.15. The van der Waals surface area contributed by atoms with E-state index < -0.39 is 11.9 Å². The van der Waals surface area contributed by atoms with Gasteiger partial charge in [0, 0.05) is 28.9 Å². The van der Waals surface area contributed by atoms with E-state index in [2.05, 4.69) is 20.6 Å². The second kappa shape index (κ2) is 6.65. The molecule has 0 unspecified atom stereocenters. The maximum absolute atomic E-state index is 14.8. The van der Waals surface area contributed by atoms with E-state index in [1.807, 2.05) is 0 Å². The second-order valence-corrected chi connectivity index (χ2v) is 5.90. The molecule has 10 heteroatoms. The van der Waals surface area contributed by atoms with Crippen molar-refractivity contribution in [3.63, 3.8) is 0 Å². The van der Waals surface area contributed by atoms with Crippen LogP contribution in [-0.4, -0.2) is 40.8 Å². The Balaban J connectivity index is 1.88. The summed E-state index contributed by atoms with van der Waals surface area (Å²) in [5.41, 5.74) is 0.682. The third-order valence-electron chi connectivity index (χ3n) is 4.14. The highest BCUT2D eigenvalue weighted by Gasteiger charge is 2.25. The highest BCUT2D eigenvalue weighted by Crippen LogP contribution is 2.43. The van der Waals surface area contributed by atoms with Crippen molar-refractivity contribution in [2.45, 2.75) is 0 Å². The highest BCUT2D eigenvalue weighted by molar-refractivity contribution is 5.99. The fourth-order valence-corrected chi connectivity index (χ4v) is 2.96. The average molecular weight is 384 g/mol. The number of hydrogen-bond donors (Lipinski definition) is 3. The molecule has 1 aromatic carbocycles. The van der Waals surface area contributed by atoms with Crippen LogP contribution in [0, 0.1) is 5.82 Å². The quantitative estimate of drug-likeness (QED) is 0.634. The van der Waals surface area contributed by atoms with Crippen molar-refractivity contribution in [1.82, 2.24) is 9.97 Å². The summed E-state index contributed by atoms with van der Waals surface area (Å²) in [6.45, 7) is -0.167. The maximum atomic E-state index is 14.8. The van der Waals surface area contributed by atoms with Gasteiger partial charge in [-0.1, -0.05) is 0 Å². The van der Waals surface area contributed by atoms with Crippen LogP contribution < -0.4 is 20.1 Å². The summed E-state index contributed by atoms with van der Waals surface area (Å²) in [7, 11) is 1.39. The largest absolute Gasteiger partial charge is 0.494 e. The van der Waals surface area contributed by atoms with Crippen molar-refractivity contribution in [2.75, 3.05) is 24.4 Å². The standard InChI is InChI=1S/C18H13FN4O5/c1-27-16-11(6-21-17-15(16)23-14(24)7-28-17)10-2-8-4-13(22-18(25)26)20-5-9(8)3-12(10)19/h2-6H,7H2,1H3,(H,20,22)(H,23,24)(H,25,26). The van der Waals surface area contributed by atoms with Crippen molar-refractivity contribution in [3.8, 4) is 22.8 Å². The van der Waals surface area contributed by atoms with Gasteiger partial charge in [-0.05, 0) is 23.6 Å². The van der Waals surface area contributed by atoms with Gasteiger partial charge in [0.25, 0.3) is 5.91 Å². The molecule has 28 heavy (non-hydrogen) atoms. The molecule has 3 aromatic rings. The van der Waals surface area contributed by atoms with Crippen molar-refractivity contribution in [2.24, 2.45) is 0 Å². The van der Waals surface area contributed by atoms with Crippen LogP contribution in [0.1, 0.15) is 0 Å². The zero-order chi connectivity index (χ0) is 19.8. The van der Waals surface area contributed by atoms with Crippen LogP contribution in [0.5, 0.6) is 11.6 Å². The average Bonchev–Trinajstić information content (AvgIpc) is 2.66. The Morgan fingerprint density at radius 3 is 2.82 bits per heavy atom. The number of anilines is 2. The van der Waals surface area contributed by atoms with Crippen molar-refractivity contribution in [1.29, 1.82) is 0 Å². The Morgan fingerprint density at radius 2 is 2.07 bits per heavy atom. The van der Waals surface area contributed by atoms with Gasteiger partial charge >= 0.3 is 6.09 Å². The number of carbonyl (C=O) groups is 2. The van der Waals surface area contributed by atoms with Gasteiger partial charge in [-0.25, -0.2) is 19.2 Å². The first-order valence-electron chi connectivity index (χ1n) is 8.05. The van der Waals surface area contributed by atoms with E-state index >= 15 is 0 Å². The first-order valence-corrected chi connectivity index (χ1v) is 8.05. The number of rotatable bonds is 3. The van der Waals surface area contributed by atoms with Gasteiger partial charge in [-0.3, -0.25) is 10.1 Å². The van der Waals surface area contributed by atoms with Gasteiger partial charge in [0.15, 0.2) is 12.4 Å². The second-order valence-electron chi connectivity index (χ2n) is 5.90. The zero-order valence-electron chi connectivity index (χ0n) is 14.4. The Bertz CT molecular complexity index is 1130. The van der Waals surface area contributed by atoms with E-state index in [0.29, 0.717) is 16.3 Å². The van der Waals surface area contributed by atoms with Gasteiger partial charge in [0.1, 0.15) is 17.3 Å². The summed E-state index contributed by atoms with van der Waals surface area (Å²) in [5.74, 6) is -0.447. The van der Waals surface area contributed by atoms with Gasteiger partial charge in [-0.15, -0.1) is 0 Å². The van der Waals surface area contributed by atoms with Crippen molar-refractivity contribution < 1.29 is 28.6 Å². The molecule has 2 aromatic heterocycles. The molecule has 0 atom stereocenters. The van der Waals surface area contributed by atoms with Crippen molar-refractivity contribution in [3.05, 3.63) is 36.4 Å². The van der Waals surface area contributed by atoms with Crippen LogP contribution >= 0.6 is 0 Å². The van der Waals surface area contributed by atoms with Crippen LogP contribution in [0.2, 0.25) is 0 Å². The summed E-state index contributed by atoms with van der Waals surface area (Å²) in [5, 5.41) is 14.6. The minimum Gasteiger partial charge on any atom is -0.494 e. The van der Waals surface area contributed by atoms with E-state index in [1.54, 1.807) is 0 Å². The van der Waals surface area contributed by atoms with E-state index in [0.717, 1.165) is 0 Å². The molecular weight excluding hydrogens is 371 g/mol. The molecule has 4 rings (SSSR count). The minimum absolute atomic E-state index is 0.105. The van der Waals surface area contributed by atoms with Gasteiger partial charge in [-0.2, -0.15) is 0 Å². The number of fused-ring (bicyclic) bond motifs is 2. The normalized spacial score (nSPS) is 12.7. The lowest BCUT2D eigenvalue weighted by Gasteiger charge is -2.21. The number of pyridine rings is 2. The lowest BCUT2D eigenvalue weighted by molar-refractivity contribution is -0.118. The predicted molar refractivity (Wildman–Crippen MR) is 97.3 cm³/mol. The molecule has 2 amide bonds. The molecule has 3 heterocycles. The molecular formula is C18H13FN4O5. The number of carboxylic acid groups (broad SMARTS) is 1. The third kappa shape index (κ3) is 3.00. The number of aromatic nitrogens is 2. The van der Waals surface area contributed by atoms with E-state index in [9.17, 15) is 14.0 Å². The minimum atomic E-state index is -1.26. The summed E-state index contributed by atoms with van der Waals surface area (Å²) < 4.78 is 25.4. The summed E-state index contributed by atoms with van der Waals surface area (Å²) in [6, 6.07) is 4.28. The summed E-state index contributed by atoms with van der Waals surface area (Å²) >= 11 is 0. The molecule has 142 valence electrons. The number of halogens is 1. The number of hydrogen-bond acceptors (Lipinski definition) is 6. The molecule has 0 aliphatic carbocycles. The first-order chi connectivity index (χ1) is 13.5. The number of methoxy groups -OCH3 is 1. The number of ether oxygens (including phenoxy) is 2. The molecule has 0 saturated carbocycles. The van der Waals surface area contributed by atoms with Crippen LogP contribution in [-0.2, 0) is 4.79 Å². The van der Waals surface area contributed by atoms with Gasteiger partial charge in [0.2, 0.25) is 5.88 Å². The monoisotopic (exact) mass is 384 g/mol. The number of amides is 2. The number of nitrogens with one attached hydrogen (secondary N) is 2. The van der Waals surface area contributed by atoms with Gasteiger partial charge < -0.3 is 19.9 Å². The number of carbonyl (C=O) groups excluding carboxylic acids is 1. The van der Waals surface area contributed by atoms with Crippen LogP contribution in [0.4, 0.5) is 20.7 Å². The number of benzene rings is 1. The molecule has 1 aliphatic heterocycles. The van der Waals surface area contributed by atoms with E-state index in [4.69, 9.17) is 14.6 Å². The topological polar surface area (TPSA) is 123 Å². The van der Waals surface area contributed by atoms with Gasteiger partial charge in [0.05, 0.1) is 7.11 Å². The molecule has 9 nitrogen and oxygen atoms in total. The fraction of sp³-hybridized carbons (Fsp3) is 0.111. The molecule has 0 radical (unpaired) electrons. The molecule has 3 N–H and O–H groups in total. The fourth-order valence-electron chi connectivity index (χ4n) is 2.96. The molecule has 0 fully saturated rings. The smallest absolute Gasteiger partial charge is 0.410 e.